The second-order valence-corrected chi connectivity index (χ2v) is 3.82. The Balaban J connectivity index is 1.87. The van der Waals surface area contributed by atoms with E-state index >= 15 is 0 Å². The van der Waals surface area contributed by atoms with Crippen molar-refractivity contribution in [3.8, 4) is 0 Å². The van der Waals surface area contributed by atoms with E-state index in [1.54, 1.807) is 0 Å². The number of carboxylic acids is 1. The maximum atomic E-state index is 11.7. The Morgan fingerprint density at radius 1 is 1.21 bits per heavy atom. The molecule has 19 heavy (non-hydrogen) atoms. The molecular weight excluding hydrogens is 248 g/mol. The molecule has 0 aliphatic carbocycles. The quantitative estimate of drug-likeness (QED) is 0.724. The molecule has 0 radical (unpaired) electrons. The molecule has 2 rings (SSSR count). The molecule has 0 spiro atoms. The molecule has 0 saturated carbocycles. The smallest absolute Gasteiger partial charge is 0.335 e. The SMILES string of the molecule is O=C(O)c1ccc(C(=O)NCCc2ncn[nH]2)cc1. The van der Waals surface area contributed by atoms with Gasteiger partial charge in [-0.25, -0.2) is 9.78 Å². The van der Waals surface area contributed by atoms with Gasteiger partial charge in [0.25, 0.3) is 5.91 Å². The van der Waals surface area contributed by atoms with E-state index in [4.69, 9.17) is 5.11 Å². The highest BCUT2D eigenvalue weighted by atomic mass is 16.4. The molecule has 1 aromatic carbocycles. The molecule has 0 aliphatic heterocycles. The molecule has 0 saturated heterocycles. The zero-order valence-electron chi connectivity index (χ0n) is 9.96. The Hall–Kier alpha value is -2.70. The first-order valence-corrected chi connectivity index (χ1v) is 5.62. The monoisotopic (exact) mass is 260 g/mol. The molecule has 0 unspecified atom stereocenters. The van der Waals surface area contributed by atoms with Gasteiger partial charge in [-0.1, -0.05) is 0 Å². The summed E-state index contributed by atoms with van der Waals surface area (Å²) in [6, 6.07) is 5.75. The minimum atomic E-state index is -1.02. The highest BCUT2D eigenvalue weighted by Crippen LogP contribution is 2.04. The molecule has 1 aromatic heterocycles. The molecule has 7 nitrogen and oxygen atoms in total. The third-order valence-electron chi connectivity index (χ3n) is 2.51. The van der Waals surface area contributed by atoms with Gasteiger partial charge < -0.3 is 10.4 Å². The second kappa shape index (κ2) is 5.76. The fourth-order valence-corrected chi connectivity index (χ4v) is 1.51. The number of carbonyl (C=O) groups is 2. The van der Waals surface area contributed by atoms with E-state index in [-0.39, 0.29) is 11.5 Å². The van der Waals surface area contributed by atoms with Crippen molar-refractivity contribution in [2.75, 3.05) is 6.54 Å². The summed E-state index contributed by atoms with van der Waals surface area (Å²) in [5.41, 5.74) is 0.570. The number of carboxylic acid groups (broad SMARTS) is 1. The van der Waals surface area contributed by atoms with Crippen LogP contribution in [0.25, 0.3) is 0 Å². The molecule has 1 amide bonds. The summed E-state index contributed by atoms with van der Waals surface area (Å²) >= 11 is 0. The predicted octanol–water partition coefficient (Wildman–Crippen LogP) is 0.475. The number of benzene rings is 1. The van der Waals surface area contributed by atoms with Crippen molar-refractivity contribution in [2.45, 2.75) is 6.42 Å². The number of nitrogens with zero attached hydrogens (tertiary/aromatic N) is 2. The minimum absolute atomic E-state index is 0.151. The van der Waals surface area contributed by atoms with Gasteiger partial charge >= 0.3 is 5.97 Å². The van der Waals surface area contributed by atoms with Gasteiger partial charge in [0.2, 0.25) is 0 Å². The van der Waals surface area contributed by atoms with Gasteiger partial charge in [0.1, 0.15) is 12.2 Å². The van der Waals surface area contributed by atoms with Gasteiger partial charge in [0, 0.05) is 18.5 Å². The molecule has 7 heteroatoms. The summed E-state index contributed by atoms with van der Waals surface area (Å²) in [5, 5.41) is 17.8. The van der Waals surface area contributed by atoms with E-state index in [0.717, 1.165) is 0 Å². The molecule has 0 fully saturated rings. The average Bonchev–Trinajstić information content (AvgIpc) is 2.92. The van der Waals surface area contributed by atoms with E-state index in [0.29, 0.717) is 24.4 Å². The summed E-state index contributed by atoms with van der Waals surface area (Å²) in [6.45, 7) is 0.425. The van der Waals surface area contributed by atoms with E-state index in [2.05, 4.69) is 20.5 Å². The summed E-state index contributed by atoms with van der Waals surface area (Å²) in [5.74, 6) is -0.574. The van der Waals surface area contributed by atoms with Gasteiger partial charge in [0.15, 0.2) is 0 Å². The predicted molar refractivity (Wildman–Crippen MR) is 65.8 cm³/mol. The summed E-state index contributed by atoms with van der Waals surface area (Å²) in [7, 11) is 0. The number of carbonyl (C=O) groups excluding carboxylic acids is 1. The van der Waals surface area contributed by atoms with E-state index in [1.165, 1.54) is 30.6 Å². The third kappa shape index (κ3) is 3.38. The Bertz CT molecular complexity index is 563. The van der Waals surface area contributed by atoms with Crippen LogP contribution in [-0.4, -0.2) is 38.7 Å². The normalized spacial score (nSPS) is 10.1. The molecule has 1 heterocycles. The van der Waals surface area contributed by atoms with Crippen molar-refractivity contribution in [1.82, 2.24) is 20.5 Å². The first-order valence-electron chi connectivity index (χ1n) is 5.62. The molecule has 2 aromatic rings. The Kier molecular flexibility index (Phi) is 3.87. The number of hydrogen-bond acceptors (Lipinski definition) is 4. The molecular formula is C12H12N4O3. The van der Waals surface area contributed by atoms with Crippen LogP contribution in [0.5, 0.6) is 0 Å². The number of aromatic nitrogens is 3. The summed E-state index contributed by atoms with van der Waals surface area (Å²) in [6.07, 6.45) is 1.96. The van der Waals surface area contributed by atoms with Crippen LogP contribution in [0, 0.1) is 0 Å². The highest BCUT2D eigenvalue weighted by Gasteiger charge is 2.07. The van der Waals surface area contributed by atoms with Gasteiger partial charge in [-0.3, -0.25) is 9.89 Å². The molecule has 0 bridgehead atoms. The minimum Gasteiger partial charge on any atom is -0.478 e. The number of rotatable bonds is 5. The zero-order chi connectivity index (χ0) is 13.7. The van der Waals surface area contributed by atoms with Gasteiger partial charge in [-0.05, 0) is 24.3 Å². The van der Waals surface area contributed by atoms with Crippen molar-refractivity contribution in [3.05, 3.63) is 47.5 Å². The lowest BCUT2D eigenvalue weighted by atomic mass is 10.1. The van der Waals surface area contributed by atoms with Crippen LogP contribution in [0.1, 0.15) is 26.5 Å². The Labute approximate surface area is 108 Å². The number of aromatic amines is 1. The lowest BCUT2D eigenvalue weighted by Crippen LogP contribution is -2.26. The van der Waals surface area contributed by atoms with E-state index in [1.807, 2.05) is 0 Å². The number of H-pyrrole nitrogens is 1. The standard InChI is InChI=1S/C12H12N4O3/c17-11(13-6-5-10-14-7-15-16-10)8-1-3-9(4-2-8)12(18)19/h1-4,7H,5-6H2,(H,13,17)(H,18,19)(H,14,15,16). The van der Waals surface area contributed by atoms with Crippen molar-refractivity contribution < 1.29 is 14.7 Å². The average molecular weight is 260 g/mol. The number of aromatic carboxylic acids is 1. The fraction of sp³-hybridized carbons (Fsp3) is 0.167. The van der Waals surface area contributed by atoms with Crippen LogP contribution >= 0.6 is 0 Å². The van der Waals surface area contributed by atoms with Crippen molar-refractivity contribution >= 4 is 11.9 Å². The summed E-state index contributed by atoms with van der Waals surface area (Å²) in [4.78, 5) is 26.4. The van der Waals surface area contributed by atoms with Crippen molar-refractivity contribution in [1.29, 1.82) is 0 Å². The number of hydrogen-bond donors (Lipinski definition) is 3. The maximum absolute atomic E-state index is 11.7. The van der Waals surface area contributed by atoms with Crippen LogP contribution in [-0.2, 0) is 6.42 Å². The second-order valence-electron chi connectivity index (χ2n) is 3.82. The van der Waals surface area contributed by atoms with Crippen molar-refractivity contribution in [2.24, 2.45) is 0 Å². The molecule has 0 aliphatic rings. The van der Waals surface area contributed by atoms with E-state index in [9.17, 15) is 9.59 Å². The highest BCUT2D eigenvalue weighted by molar-refractivity contribution is 5.95. The van der Waals surface area contributed by atoms with Gasteiger partial charge in [-0.15, -0.1) is 0 Å². The lowest BCUT2D eigenvalue weighted by molar-refractivity contribution is 0.0696. The van der Waals surface area contributed by atoms with Crippen LogP contribution in [0.15, 0.2) is 30.6 Å². The topological polar surface area (TPSA) is 108 Å². The third-order valence-corrected chi connectivity index (χ3v) is 2.51. The lowest BCUT2D eigenvalue weighted by Gasteiger charge is -2.04. The number of nitrogens with one attached hydrogen (secondary N) is 2. The Morgan fingerprint density at radius 2 is 1.89 bits per heavy atom. The molecule has 98 valence electrons. The Morgan fingerprint density at radius 3 is 2.47 bits per heavy atom. The molecule has 0 atom stereocenters. The number of amides is 1. The van der Waals surface area contributed by atoms with Crippen LogP contribution < -0.4 is 5.32 Å². The van der Waals surface area contributed by atoms with Gasteiger partial charge in [0.05, 0.1) is 5.56 Å². The van der Waals surface area contributed by atoms with Crippen LogP contribution in [0.3, 0.4) is 0 Å². The van der Waals surface area contributed by atoms with E-state index < -0.39 is 5.97 Å². The van der Waals surface area contributed by atoms with Crippen molar-refractivity contribution in [3.63, 3.8) is 0 Å². The van der Waals surface area contributed by atoms with Gasteiger partial charge in [-0.2, -0.15) is 5.10 Å². The first kappa shape index (κ1) is 12.7. The maximum Gasteiger partial charge on any atom is 0.335 e. The summed E-state index contributed by atoms with van der Waals surface area (Å²) < 4.78 is 0. The van der Waals surface area contributed by atoms with Crippen LogP contribution in [0.2, 0.25) is 0 Å². The first-order chi connectivity index (χ1) is 9.16. The fourth-order valence-electron chi connectivity index (χ4n) is 1.51. The largest absolute Gasteiger partial charge is 0.478 e. The van der Waals surface area contributed by atoms with Crippen LogP contribution in [0.4, 0.5) is 0 Å². The molecule has 3 N–H and O–H groups in total. The zero-order valence-corrected chi connectivity index (χ0v) is 9.96.